The molecule has 1 fully saturated rings. The fourth-order valence-electron chi connectivity index (χ4n) is 2.34. The van der Waals surface area contributed by atoms with Gasteiger partial charge in [-0.05, 0) is 42.1 Å². The Morgan fingerprint density at radius 1 is 1.29 bits per heavy atom. The molecule has 0 bridgehead atoms. The third-order valence-electron chi connectivity index (χ3n) is 3.26. The summed E-state index contributed by atoms with van der Waals surface area (Å²) in [6.45, 7) is 0.611. The number of nitrogens with zero attached hydrogens (tertiary/aromatic N) is 1. The van der Waals surface area contributed by atoms with Gasteiger partial charge in [0.1, 0.15) is 0 Å². The monoisotopic (exact) mass is 315 g/mol. The van der Waals surface area contributed by atoms with E-state index in [4.69, 9.17) is 11.6 Å². The van der Waals surface area contributed by atoms with Crippen LogP contribution in [0.1, 0.15) is 31.2 Å². The smallest absolute Gasteiger partial charge is 0.316 e. The van der Waals surface area contributed by atoms with Gasteiger partial charge in [0.05, 0.1) is 0 Å². The maximum Gasteiger partial charge on any atom is 0.316 e. The third kappa shape index (κ3) is 3.46. The first kappa shape index (κ1) is 12.9. The standard InChI is InChI=1S/C13H15BrClNO/c14-11-7-5-10(6-8-11)9-16(13(15)17)12-3-1-2-4-12/h5-8,12H,1-4,9H2. The number of hydrogen-bond acceptors (Lipinski definition) is 1. The maximum absolute atomic E-state index is 11.5. The first-order chi connectivity index (χ1) is 8.16. The number of rotatable bonds is 3. The van der Waals surface area contributed by atoms with E-state index in [-0.39, 0.29) is 5.37 Å². The van der Waals surface area contributed by atoms with Crippen LogP contribution in [-0.4, -0.2) is 16.3 Å². The summed E-state index contributed by atoms with van der Waals surface area (Å²) < 4.78 is 1.05. The zero-order chi connectivity index (χ0) is 12.3. The third-order valence-corrected chi connectivity index (χ3v) is 4.00. The second-order valence-corrected chi connectivity index (χ2v) is 5.68. The molecule has 0 aromatic heterocycles. The summed E-state index contributed by atoms with van der Waals surface area (Å²) in [5.74, 6) is 0. The Morgan fingerprint density at radius 3 is 2.41 bits per heavy atom. The molecule has 17 heavy (non-hydrogen) atoms. The van der Waals surface area contributed by atoms with E-state index in [2.05, 4.69) is 15.9 Å². The van der Waals surface area contributed by atoms with Crippen LogP contribution in [0.15, 0.2) is 28.7 Å². The molecule has 0 aliphatic heterocycles. The molecule has 0 unspecified atom stereocenters. The lowest BCUT2D eigenvalue weighted by Crippen LogP contribution is -2.34. The highest BCUT2D eigenvalue weighted by atomic mass is 79.9. The van der Waals surface area contributed by atoms with Gasteiger partial charge in [0, 0.05) is 17.1 Å². The predicted molar refractivity (Wildman–Crippen MR) is 73.2 cm³/mol. The van der Waals surface area contributed by atoms with Crippen LogP contribution in [0.4, 0.5) is 4.79 Å². The number of amides is 1. The van der Waals surface area contributed by atoms with Gasteiger partial charge in [-0.1, -0.05) is 40.9 Å². The average molecular weight is 317 g/mol. The minimum Gasteiger partial charge on any atom is -0.322 e. The van der Waals surface area contributed by atoms with E-state index in [0.29, 0.717) is 12.6 Å². The Bertz CT molecular complexity index is 387. The van der Waals surface area contributed by atoms with Crippen LogP contribution in [0, 0.1) is 0 Å². The van der Waals surface area contributed by atoms with Crippen molar-refractivity contribution in [3.8, 4) is 0 Å². The Morgan fingerprint density at radius 2 is 1.88 bits per heavy atom. The number of benzene rings is 1. The molecule has 1 aliphatic rings. The summed E-state index contributed by atoms with van der Waals surface area (Å²) in [6.07, 6.45) is 4.56. The molecule has 0 atom stereocenters. The molecule has 1 aromatic rings. The van der Waals surface area contributed by atoms with Crippen molar-refractivity contribution >= 4 is 32.9 Å². The highest BCUT2D eigenvalue weighted by molar-refractivity contribution is 9.10. The Hall–Kier alpha value is -0.540. The van der Waals surface area contributed by atoms with E-state index in [1.807, 2.05) is 24.3 Å². The lowest BCUT2D eigenvalue weighted by atomic mass is 10.1. The zero-order valence-corrected chi connectivity index (χ0v) is 11.9. The van der Waals surface area contributed by atoms with Crippen molar-refractivity contribution in [1.29, 1.82) is 0 Å². The van der Waals surface area contributed by atoms with Crippen molar-refractivity contribution in [3.05, 3.63) is 34.3 Å². The lowest BCUT2D eigenvalue weighted by molar-refractivity contribution is 0.195. The van der Waals surface area contributed by atoms with Crippen LogP contribution in [0.25, 0.3) is 0 Å². The predicted octanol–water partition coefficient (Wildman–Crippen LogP) is 4.55. The van der Waals surface area contributed by atoms with Crippen molar-refractivity contribution < 1.29 is 4.79 Å². The van der Waals surface area contributed by atoms with Crippen LogP contribution in [-0.2, 0) is 6.54 Å². The van der Waals surface area contributed by atoms with E-state index in [1.165, 1.54) is 12.8 Å². The summed E-state index contributed by atoms with van der Waals surface area (Å²) in [7, 11) is 0. The molecule has 0 heterocycles. The quantitative estimate of drug-likeness (QED) is 0.591. The van der Waals surface area contributed by atoms with Crippen LogP contribution < -0.4 is 0 Å². The molecule has 1 aliphatic carbocycles. The first-order valence-corrected chi connectivity index (χ1v) is 7.04. The molecular weight excluding hydrogens is 302 g/mol. The molecule has 0 radical (unpaired) electrons. The largest absolute Gasteiger partial charge is 0.322 e. The maximum atomic E-state index is 11.5. The van der Waals surface area contributed by atoms with Crippen molar-refractivity contribution in [3.63, 3.8) is 0 Å². The number of halogens is 2. The highest BCUT2D eigenvalue weighted by Gasteiger charge is 2.25. The summed E-state index contributed by atoms with van der Waals surface area (Å²) >= 11 is 9.08. The van der Waals surface area contributed by atoms with Gasteiger partial charge in [-0.3, -0.25) is 4.79 Å². The Kier molecular flexibility index (Phi) is 4.46. The minimum atomic E-state index is -0.334. The van der Waals surface area contributed by atoms with Gasteiger partial charge in [-0.15, -0.1) is 0 Å². The highest BCUT2D eigenvalue weighted by Crippen LogP contribution is 2.26. The van der Waals surface area contributed by atoms with E-state index in [9.17, 15) is 4.79 Å². The molecule has 0 saturated heterocycles. The van der Waals surface area contributed by atoms with Crippen molar-refractivity contribution in [1.82, 2.24) is 4.90 Å². The normalized spacial score (nSPS) is 16.1. The van der Waals surface area contributed by atoms with Gasteiger partial charge >= 0.3 is 5.37 Å². The van der Waals surface area contributed by atoms with E-state index in [1.54, 1.807) is 4.90 Å². The zero-order valence-electron chi connectivity index (χ0n) is 9.53. The van der Waals surface area contributed by atoms with E-state index >= 15 is 0 Å². The fourth-order valence-corrected chi connectivity index (χ4v) is 2.80. The fraction of sp³-hybridized carbons (Fsp3) is 0.462. The number of carbonyl (C=O) groups excluding carboxylic acids is 1. The SMILES string of the molecule is O=C(Cl)N(Cc1ccc(Br)cc1)C1CCCC1. The second kappa shape index (κ2) is 5.87. The van der Waals surface area contributed by atoms with Crippen LogP contribution in [0.2, 0.25) is 0 Å². The molecular formula is C13H15BrClNO. The van der Waals surface area contributed by atoms with E-state index in [0.717, 1.165) is 22.9 Å². The summed E-state index contributed by atoms with van der Waals surface area (Å²) in [6, 6.07) is 8.34. The van der Waals surface area contributed by atoms with Crippen LogP contribution >= 0.6 is 27.5 Å². The molecule has 1 amide bonds. The number of hydrogen-bond donors (Lipinski definition) is 0. The first-order valence-electron chi connectivity index (χ1n) is 5.87. The van der Waals surface area contributed by atoms with E-state index < -0.39 is 0 Å². The molecule has 0 spiro atoms. The molecule has 2 nitrogen and oxygen atoms in total. The summed E-state index contributed by atoms with van der Waals surface area (Å²) in [5, 5.41) is -0.334. The molecule has 2 rings (SSSR count). The van der Waals surface area contributed by atoms with Crippen molar-refractivity contribution in [2.45, 2.75) is 38.3 Å². The van der Waals surface area contributed by atoms with Crippen LogP contribution in [0.5, 0.6) is 0 Å². The average Bonchev–Trinajstić information content (AvgIpc) is 2.81. The Balaban J connectivity index is 2.06. The van der Waals surface area contributed by atoms with Crippen LogP contribution in [0.3, 0.4) is 0 Å². The van der Waals surface area contributed by atoms with Gasteiger partial charge < -0.3 is 4.90 Å². The van der Waals surface area contributed by atoms with Crippen molar-refractivity contribution in [2.75, 3.05) is 0 Å². The topological polar surface area (TPSA) is 20.3 Å². The summed E-state index contributed by atoms with van der Waals surface area (Å²) in [5.41, 5.74) is 1.12. The van der Waals surface area contributed by atoms with Gasteiger partial charge in [0.2, 0.25) is 0 Å². The summed E-state index contributed by atoms with van der Waals surface area (Å²) in [4.78, 5) is 13.3. The van der Waals surface area contributed by atoms with Gasteiger partial charge in [0.15, 0.2) is 0 Å². The Labute approximate surface area is 115 Å². The molecule has 1 saturated carbocycles. The molecule has 4 heteroatoms. The van der Waals surface area contributed by atoms with Gasteiger partial charge in [0.25, 0.3) is 0 Å². The minimum absolute atomic E-state index is 0.323. The molecule has 1 aromatic carbocycles. The van der Waals surface area contributed by atoms with Crippen molar-refractivity contribution in [2.24, 2.45) is 0 Å². The van der Waals surface area contributed by atoms with Gasteiger partial charge in [-0.25, -0.2) is 0 Å². The second-order valence-electron chi connectivity index (χ2n) is 4.45. The lowest BCUT2D eigenvalue weighted by Gasteiger charge is -2.26. The molecule has 92 valence electrons. The van der Waals surface area contributed by atoms with Gasteiger partial charge in [-0.2, -0.15) is 0 Å². The number of carbonyl (C=O) groups is 1. The molecule has 0 N–H and O–H groups in total.